The van der Waals surface area contributed by atoms with E-state index in [9.17, 15) is 9.90 Å². The molecule has 0 saturated heterocycles. The quantitative estimate of drug-likeness (QED) is 0.801. The highest BCUT2D eigenvalue weighted by atomic mass is 16.7. The summed E-state index contributed by atoms with van der Waals surface area (Å²) in [7, 11) is 0. The molecule has 3 aromatic rings. The number of nitrogens with zero attached hydrogens (tertiary/aromatic N) is 2. The second kappa shape index (κ2) is 5.42. The van der Waals surface area contributed by atoms with Gasteiger partial charge in [0, 0.05) is 17.8 Å². The van der Waals surface area contributed by atoms with Crippen molar-refractivity contribution in [2.45, 2.75) is 6.92 Å². The van der Waals surface area contributed by atoms with Gasteiger partial charge in [-0.05, 0) is 19.1 Å². The number of ether oxygens (including phenoxy) is 2. The van der Waals surface area contributed by atoms with E-state index in [1.54, 1.807) is 10.6 Å². The molecule has 1 aromatic heterocycles. The summed E-state index contributed by atoms with van der Waals surface area (Å²) < 4.78 is 12.5. The summed E-state index contributed by atoms with van der Waals surface area (Å²) >= 11 is 0. The van der Waals surface area contributed by atoms with Gasteiger partial charge in [-0.2, -0.15) is 0 Å². The van der Waals surface area contributed by atoms with Gasteiger partial charge in [0.25, 0.3) is 0 Å². The van der Waals surface area contributed by atoms with E-state index >= 15 is 0 Å². The number of rotatable bonds is 3. The van der Waals surface area contributed by atoms with Gasteiger partial charge >= 0.3 is 5.97 Å². The van der Waals surface area contributed by atoms with E-state index in [0.29, 0.717) is 17.3 Å². The van der Waals surface area contributed by atoms with Gasteiger partial charge in [0.2, 0.25) is 6.79 Å². The van der Waals surface area contributed by atoms with Gasteiger partial charge in [-0.3, -0.25) is 4.57 Å². The minimum atomic E-state index is -1.07. The van der Waals surface area contributed by atoms with Crippen LogP contribution in [0.2, 0.25) is 0 Å². The maximum atomic E-state index is 11.3. The van der Waals surface area contributed by atoms with Crippen LogP contribution >= 0.6 is 0 Å². The molecule has 1 aliphatic rings. The highest BCUT2D eigenvalue weighted by Crippen LogP contribution is 2.35. The highest BCUT2D eigenvalue weighted by Gasteiger charge is 2.19. The van der Waals surface area contributed by atoms with Gasteiger partial charge in [-0.15, -0.1) is 0 Å². The van der Waals surface area contributed by atoms with E-state index in [1.165, 1.54) is 6.20 Å². The molecule has 0 radical (unpaired) electrons. The third-order valence-corrected chi connectivity index (χ3v) is 3.87. The zero-order chi connectivity index (χ0) is 16.7. The first-order valence-electron chi connectivity index (χ1n) is 7.41. The van der Waals surface area contributed by atoms with Gasteiger partial charge in [0.1, 0.15) is 5.82 Å². The largest absolute Gasteiger partial charge is 0.476 e. The Morgan fingerprint density at radius 2 is 1.88 bits per heavy atom. The lowest BCUT2D eigenvalue weighted by Gasteiger charge is -2.09. The van der Waals surface area contributed by atoms with Crippen molar-refractivity contribution in [3.8, 4) is 28.6 Å². The minimum Gasteiger partial charge on any atom is -0.476 e. The second-order valence-corrected chi connectivity index (χ2v) is 5.53. The van der Waals surface area contributed by atoms with Crippen molar-refractivity contribution in [1.29, 1.82) is 0 Å². The summed E-state index contributed by atoms with van der Waals surface area (Å²) in [6.07, 6.45) is 1.51. The Morgan fingerprint density at radius 3 is 2.62 bits per heavy atom. The Balaban J connectivity index is 1.87. The summed E-state index contributed by atoms with van der Waals surface area (Å²) in [6, 6.07) is 13.2. The van der Waals surface area contributed by atoms with Crippen LogP contribution in [0.25, 0.3) is 17.1 Å². The van der Waals surface area contributed by atoms with Crippen LogP contribution in [0.1, 0.15) is 16.1 Å². The van der Waals surface area contributed by atoms with E-state index in [0.717, 1.165) is 16.8 Å². The lowest BCUT2D eigenvalue weighted by Crippen LogP contribution is -1.96. The first kappa shape index (κ1) is 14.3. The van der Waals surface area contributed by atoms with Gasteiger partial charge in [-0.1, -0.05) is 29.8 Å². The van der Waals surface area contributed by atoms with Crippen LogP contribution in [-0.4, -0.2) is 27.4 Å². The maximum Gasteiger partial charge on any atom is 0.356 e. The minimum absolute atomic E-state index is 0.0109. The van der Waals surface area contributed by atoms with Crippen LogP contribution in [0.3, 0.4) is 0 Å². The molecule has 2 heterocycles. The normalized spacial score (nSPS) is 12.4. The summed E-state index contributed by atoms with van der Waals surface area (Å²) in [4.78, 5) is 15.6. The van der Waals surface area contributed by atoms with Crippen molar-refractivity contribution in [2.75, 3.05) is 6.79 Å². The number of carboxylic acids is 1. The van der Waals surface area contributed by atoms with Crippen LogP contribution in [-0.2, 0) is 0 Å². The molecule has 0 amide bonds. The van der Waals surface area contributed by atoms with Gasteiger partial charge in [-0.25, -0.2) is 9.78 Å². The summed E-state index contributed by atoms with van der Waals surface area (Å²) in [5, 5.41) is 9.29. The summed E-state index contributed by atoms with van der Waals surface area (Å²) in [6.45, 7) is 2.19. The lowest BCUT2D eigenvalue weighted by atomic mass is 10.1. The molecule has 1 aliphatic heterocycles. The van der Waals surface area contributed by atoms with Crippen LogP contribution in [0.15, 0.2) is 48.7 Å². The summed E-state index contributed by atoms with van der Waals surface area (Å²) in [5.41, 5.74) is 2.71. The fourth-order valence-corrected chi connectivity index (χ4v) is 2.62. The molecule has 24 heavy (non-hydrogen) atoms. The van der Waals surface area contributed by atoms with E-state index in [-0.39, 0.29) is 12.5 Å². The molecule has 0 fully saturated rings. The first-order valence-corrected chi connectivity index (χ1v) is 7.41. The average Bonchev–Trinajstić information content (AvgIpc) is 3.21. The van der Waals surface area contributed by atoms with E-state index < -0.39 is 5.97 Å². The van der Waals surface area contributed by atoms with Crippen molar-refractivity contribution < 1.29 is 19.4 Å². The van der Waals surface area contributed by atoms with Gasteiger partial charge in [0.05, 0.1) is 5.69 Å². The van der Waals surface area contributed by atoms with E-state index in [2.05, 4.69) is 4.98 Å². The number of aryl methyl sites for hydroxylation is 1. The van der Waals surface area contributed by atoms with Gasteiger partial charge in [0.15, 0.2) is 17.2 Å². The van der Waals surface area contributed by atoms with Crippen molar-refractivity contribution in [2.24, 2.45) is 0 Å². The summed E-state index contributed by atoms with van der Waals surface area (Å²) in [5.74, 6) is 0.802. The maximum absolute atomic E-state index is 11.3. The number of benzene rings is 2. The highest BCUT2D eigenvalue weighted by molar-refractivity contribution is 5.86. The number of hydrogen-bond acceptors (Lipinski definition) is 4. The molecule has 4 rings (SSSR count). The number of carbonyl (C=O) groups is 1. The van der Waals surface area contributed by atoms with Crippen LogP contribution in [0, 0.1) is 6.92 Å². The molecule has 0 saturated carbocycles. The van der Waals surface area contributed by atoms with Crippen molar-refractivity contribution in [3.05, 3.63) is 59.9 Å². The molecule has 0 atom stereocenters. The number of carboxylic acid groups (broad SMARTS) is 1. The molecular weight excluding hydrogens is 308 g/mol. The van der Waals surface area contributed by atoms with E-state index in [1.807, 2.05) is 43.3 Å². The van der Waals surface area contributed by atoms with Gasteiger partial charge < -0.3 is 14.6 Å². The SMILES string of the molecule is Cc1ccc(-c2nc(C(=O)O)cn2-c2ccc3c(c2)OCO3)cc1. The van der Waals surface area contributed by atoms with Crippen LogP contribution < -0.4 is 9.47 Å². The Hall–Kier alpha value is -3.28. The predicted molar refractivity (Wildman–Crippen MR) is 86.8 cm³/mol. The smallest absolute Gasteiger partial charge is 0.356 e. The second-order valence-electron chi connectivity index (χ2n) is 5.53. The fraction of sp³-hybridized carbons (Fsp3) is 0.111. The molecular formula is C18H14N2O4. The Kier molecular flexibility index (Phi) is 3.23. The molecule has 0 bridgehead atoms. The predicted octanol–water partition coefficient (Wildman–Crippen LogP) is 3.27. The Morgan fingerprint density at radius 1 is 1.12 bits per heavy atom. The zero-order valence-electron chi connectivity index (χ0n) is 12.9. The number of imidazole rings is 1. The van der Waals surface area contributed by atoms with Crippen LogP contribution in [0.4, 0.5) is 0 Å². The standard InChI is InChI=1S/C18H14N2O4/c1-11-2-4-12(5-3-11)17-19-14(18(21)22)9-20(17)13-6-7-15-16(8-13)24-10-23-15/h2-9H,10H2,1H3,(H,21,22). The first-order chi connectivity index (χ1) is 11.6. The third-order valence-electron chi connectivity index (χ3n) is 3.87. The lowest BCUT2D eigenvalue weighted by molar-refractivity contribution is 0.0691. The third kappa shape index (κ3) is 2.38. The van der Waals surface area contributed by atoms with Crippen LogP contribution in [0.5, 0.6) is 11.5 Å². The zero-order valence-corrected chi connectivity index (χ0v) is 12.9. The Labute approximate surface area is 137 Å². The Bertz CT molecular complexity index is 929. The molecule has 120 valence electrons. The monoisotopic (exact) mass is 322 g/mol. The van der Waals surface area contributed by atoms with E-state index in [4.69, 9.17) is 9.47 Å². The molecule has 2 aromatic carbocycles. The number of aromatic nitrogens is 2. The van der Waals surface area contributed by atoms with Crippen molar-refractivity contribution >= 4 is 5.97 Å². The fourth-order valence-electron chi connectivity index (χ4n) is 2.62. The molecule has 6 heteroatoms. The molecule has 0 aliphatic carbocycles. The average molecular weight is 322 g/mol. The molecule has 0 unspecified atom stereocenters. The number of hydrogen-bond donors (Lipinski definition) is 1. The molecule has 0 spiro atoms. The molecule has 1 N–H and O–H groups in total. The van der Waals surface area contributed by atoms with Crippen molar-refractivity contribution in [1.82, 2.24) is 9.55 Å². The topological polar surface area (TPSA) is 73.6 Å². The molecule has 6 nitrogen and oxygen atoms in total. The van der Waals surface area contributed by atoms with Crippen molar-refractivity contribution in [3.63, 3.8) is 0 Å². The number of aromatic carboxylic acids is 1. The number of fused-ring (bicyclic) bond motifs is 1.